The van der Waals surface area contributed by atoms with Gasteiger partial charge in [-0.3, -0.25) is 5.41 Å². The Bertz CT molecular complexity index is 216. The quantitative estimate of drug-likeness (QED) is 0.218. The lowest BCUT2D eigenvalue weighted by atomic mass is 10.2. The predicted molar refractivity (Wildman–Crippen MR) is 45.2 cm³/mol. The molecule has 0 aliphatic rings. The van der Waals surface area contributed by atoms with E-state index < -0.39 is 11.0 Å². The van der Waals surface area contributed by atoms with Crippen LogP contribution in [-0.4, -0.2) is 22.5 Å². The van der Waals surface area contributed by atoms with Gasteiger partial charge in [-0.05, 0) is 5.92 Å². The Labute approximate surface area is 74.5 Å². The standard InChI is InChI=1S/C5H11N5O3/c1-4(2)3-9(8-11)5(6)7-10(12)13/h4H,3H2,1-2H3,(H2,6,7). The number of hydrazine groups is 1. The molecule has 0 saturated carbocycles. The van der Waals surface area contributed by atoms with Gasteiger partial charge in [-0.15, -0.1) is 4.91 Å². The number of nitroso groups, excluding NO2 is 1. The lowest BCUT2D eigenvalue weighted by molar-refractivity contribution is -0.526. The Morgan fingerprint density at radius 2 is 2.31 bits per heavy atom. The normalized spacial score (nSPS) is 9.46. The van der Waals surface area contributed by atoms with E-state index in [1.165, 1.54) is 5.43 Å². The maximum atomic E-state index is 10.1. The summed E-state index contributed by atoms with van der Waals surface area (Å²) in [7, 11) is 0. The van der Waals surface area contributed by atoms with Gasteiger partial charge in [0.15, 0.2) is 5.03 Å². The number of guanidine groups is 1. The minimum atomic E-state index is -0.916. The Hall–Kier alpha value is -1.73. The van der Waals surface area contributed by atoms with E-state index in [2.05, 4.69) is 5.29 Å². The molecule has 0 rings (SSSR count). The first-order valence-corrected chi connectivity index (χ1v) is 3.57. The largest absolute Gasteiger partial charge is 0.277 e. The fourth-order valence-electron chi connectivity index (χ4n) is 0.656. The average Bonchev–Trinajstić information content (AvgIpc) is 1.98. The molecular formula is C5H11N5O3. The molecule has 0 radical (unpaired) electrons. The van der Waals surface area contributed by atoms with Gasteiger partial charge in [-0.2, -0.15) is 5.01 Å². The smallest absolute Gasteiger partial charge is 0.263 e. The lowest BCUT2D eigenvalue weighted by Crippen LogP contribution is -2.41. The summed E-state index contributed by atoms with van der Waals surface area (Å²) in [4.78, 5) is 20.0. The SMILES string of the molecule is CC(C)CN(N=O)C(=N)N[N+](=O)[O-]. The van der Waals surface area contributed by atoms with Gasteiger partial charge in [0.05, 0.1) is 11.8 Å². The molecule has 0 aliphatic heterocycles. The second-order valence-corrected chi connectivity index (χ2v) is 2.78. The Balaban J connectivity index is 4.15. The third-order valence-corrected chi connectivity index (χ3v) is 1.09. The van der Waals surface area contributed by atoms with Crippen molar-refractivity contribution in [2.24, 2.45) is 11.2 Å². The number of nitrogens with one attached hydrogen (secondary N) is 2. The Morgan fingerprint density at radius 3 is 2.62 bits per heavy atom. The molecule has 0 aromatic heterocycles. The van der Waals surface area contributed by atoms with Crippen molar-refractivity contribution >= 4 is 5.96 Å². The van der Waals surface area contributed by atoms with E-state index in [0.717, 1.165) is 0 Å². The van der Waals surface area contributed by atoms with Crippen LogP contribution in [0.4, 0.5) is 0 Å². The van der Waals surface area contributed by atoms with Crippen molar-refractivity contribution in [2.45, 2.75) is 13.8 Å². The maximum Gasteiger partial charge on any atom is 0.277 e. The molecule has 8 heteroatoms. The predicted octanol–water partition coefficient (Wildman–Crippen LogP) is 0.342. The van der Waals surface area contributed by atoms with Gasteiger partial charge in [-0.1, -0.05) is 19.3 Å². The highest BCUT2D eigenvalue weighted by molar-refractivity contribution is 5.74. The van der Waals surface area contributed by atoms with Gasteiger partial charge in [0.25, 0.3) is 5.96 Å². The molecule has 0 spiro atoms. The summed E-state index contributed by atoms with van der Waals surface area (Å²) in [5.41, 5.74) is 1.54. The van der Waals surface area contributed by atoms with Crippen LogP contribution in [0.15, 0.2) is 5.29 Å². The van der Waals surface area contributed by atoms with E-state index in [-0.39, 0.29) is 12.5 Å². The third-order valence-electron chi connectivity index (χ3n) is 1.09. The van der Waals surface area contributed by atoms with Crippen LogP contribution in [0.2, 0.25) is 0 Å². The summed E-state index contributed by atoms with van der Waals surface area (Å²) in [6.07, 6.45) is 0. The summed E-state index contributed by atoms with van der Waals surface area (Å²) >= 11 is 0. The van der Waals surface area contributed by atoms with Crippen LogP contribution < -0.4 is 5.43 Å². The fraction of sp³-hybridized carbons (Fsp3) is 0.800. The third kappa shape index (κ3) is 4.67. The molecule has 0 heterocycles. The number of nitrogens with zero attached hydrogens (tertiary/aromatic N) is 3. The maximum absolute atomic E-state index is 10.1. The van der Waals surface area contributed by atoms with Gasteiger partial charge in [0.2, 0.25) is 0 Å². The second-order valence-electron chi connectivity index (χ2n) is 2.78. The molecule has 0 saturated heterocycles. The highest BCUT2D eigenvalue weighted by Gasteiger charge is 2.15. The first-order valence-electron chi connectivity index (χ1n) is 3.57. The van der Waals surface area contributed by atoms with E-state index >= 15 is 0 Å². The molecule has 2 N–H and O–H groups in total. The average molecular weight is 189 g/mol. The zero-order valence-corrected chi connectivity index (χ0v) is 7.35. The molecule has 13 heavy (non-hydrogen) atoms. The molecule has 0 aromatic rings. The summed E-state index contributed by atoms with van der Waals surface area (Å²) in [5, 5.41) is 19.2. The van der Waals surface area contributed by atoms with E-state index in [1.54, 1.807) is 13.8 Å². The van der Waals surface area contributed by atoms with E-state index in [9.17, 15) is 15.0 Å². The van der Waals surface area contributed by atoms with Gasteiger partial charge in [0, 0.05) is 0 Å². The Kier molecular flexibility index (Phi) is 4.34. The first-order chi connectivity index (χ1) is 5.97. The molecule has 0 amide bonds. The van der Waals surface area contributed by atoms with Crippen LogP contribution in [0.3, 0.4) is 0 Å². The van der Waals surface area contributed by atoms with Crippen molar-refractivity contribution < 1.29 is 5.03 Å². The summed E-state index contributed by atoms with van der Waals surface area (Å²) < 4.78 is 0. The number of hydrogen-bond donors (Lipinski definition) is 2. The summed E-state index contributed by atoms with van der Waals surface area (Å²) in [6.45, 7) is 3.78. The molecule has 0 unspecified atom stereocenters. The van der Waals surface area contributed by atoms with Crippen molar-refractivity contribution in [1.29, 1.82) is 5.41 Å². The topological polar surface area (TPSA) is 112 Å². The van der Waals surface area contributed by atoms with Crippen LogP contribution in [-0.2, 0) is 0 Å². The van der Waals surface area contributed by atoms with Gasteiger partial charge >= 0.3 is 0 Å². The van der Waals surface area contributed by atoms with Crippen molar-refractivity contribution in [3.05, 3.63) is 15.0 Å². The highest BCUT2D eigenvalue weighted by Crippen LogP contribution is 1.98. The van der Waals surface area contributed by atoms with Gasteiger partial charge < -0.3 is 0 Å². The molecular weight excluding hydrogens is 178 g/mol. The van der Waals surface area contributed by atoms with Crippen LogP contribution in [0, 0.1) is 26.3 Å². The number of hydrogen-bond acceptors (Lipinski definition) is 5. The minimum absolute atomic E-state index is 0.0894. The second kappa shape index (κ2) is 5.01. The zero-order chi connectivity index (χ0) is 10.4. The van der Waals surface area contributed by atoms with Crippen LogP contribution in [0.25, 0.3) is 0 Å². The van der Waals surface area contributed by atoms with Crippen molar-refractivity contribution in [3.8, 4) is 0 Å². The van der Waals surface area contributed by atoms with Crippen molar-refractivity contribution in [1.82, 2.24) is 10.4 Å². The molecule has 0 aromatic carbocycles. The van der Waals surface area contributed by atoms with Crippen LogP contribution in [0.5, 0.6) is 0 Å². The van der Waals surface area contributed by atoms with E-state index in [4.69, 9.17) is 5.41 Å². The number of rotatable bonds is 4. The van der Waals surface area contributed by atoms with E-state index in [0.29, 0.717) is 5.01 Å². The first kappa shape index (κ1) is 11.3. The summed E-state index contributed by atoms with van der Waals surface area (Å²) in [6, 6.07) is 0. The molecule has 0 atom stereocenters. The van der Waals surface area contributed by atoms with Crippen LogP contribution in [0.1, 0.15) is 13.8 Å². The zero-order valence-electron chi connectivity index (χ0n) is 7.35. The molecule has 0 bridgehead atoms. The highest BCUT2D eigenvalue weighted by atomic mass is 16.7. The molecule has 74 valence electrons. The summed E-state index contributed by atoms with van der Waals surface area (Å²) in [5.74, 6) is -0.541. The fourth-order valence-corrected chi connectivity index (χ4v) is 0.656. The van der Waals surface area contributed by atoms with Gasteiger partial charge in [-0.25, -0.2) is 10.1 Å². The monoisotopic (exact) mass is 189 g/mol. The van der Waals surface area contributed by atoms with Crippen molar-refractivity contribution in [2.75, 3.05) is 6.54 Å². The molecule has 0 aliphatic carbocycles. The minimum Gasteiger partial charge on any atom is -0.263 e. The molecule has 0 fully saturated rings. The van der Waals surface area contributed by atoms with Crippen molar-refractivity contribution in [3.63, 3.8) is 0 Å². The van der Waals surface area contributed by atoms with Crippen LogP contribution >= 0.6 is 0 Å². The lowest BCUT2D eigenvalue weighted by Gasteiger charge is -2.14. The van der Waals surface area contributed by atoms with Gasteiger partial charge in [0.1, 0.15) is 0 Å². The van der Waals surface area contributed by atoms with E-state index in [1.807, 2.05) is 0 Å². The number of nitro groups is 1. The molecule has 8 nitrogen and oxygen atoms in total. The Morgan fingerprint density at radius 1 is 1.77 bits per heavy atom.